The smallest absolute Gasteiger partial charge is 0.123 e. The average Bonchev–Trinajstić information content (AvgIpc) is 2.46. The third-order valence-corrected chi connectivity index (χ3v) is 3.64. The minimum absolute atomic E-state index is 0.0325. The van der Waals surface area contributed by atoms with Crippen molar-refractivity contribution < 1.29 is 14.2 Å². The molecule has 0 aromatic heterocycles. The summed E-state index contributed by atoms with van der Waals surface area (Å²) in [6.45, 7) is 3.86. The summed E-state index contributed by atoms with van der Waals surface area (Å²) >= 11 is 0. The van der Waals surface area contributed by atoms with E-state index in [9.17, 15) is 9.50 Å². The number of hydrogen-bond donors (Lipinski definition) is 2. The molecule has 2 rings (SSSR count). The molecule has 0 aliphatic carbocycles. The van der Waals surface area contributed by atoms with Gasteiger partial charge in [0, 0.05) is 18.3 Å². The van der Waals surface area contributed by atoms with E-state index in [0.29, 0.717) is 19.8 Å². The molecule has 1 aliphatic rings. The quantitative estimate of drug-likeness (QED) is 0.864. The Bertz CT molecular complexity index is 428. The summed E-state index contributed by atoms with van der Waals surface area (Å²) < 4.78 is 18.9. The van der Waals surface area contributed by atoms with Crippen LogP contribution < -0.4 is 10.2 Å². The van der Waals surface area contributed by atoms with Gasteiger partial charge in [0.1, 0.15) is 5.82 Å². The minimum atomic E-state index is -0.241. The molecule has 19 heavy (non-hydrogen) atoms. The molecule has 1 saturated heterocycles. The lowest BCUT2D eigenvalue weighted by Gasteiger charge is -2.38. The summed E-state index contributed by atoms with van der Waals surface area (Å²) in [4.78, 5) is 2.10. The number of ether oxygens (including phenoxy) is 1. The topological polar surface area (TPSA) is 44.7 Å². The Labute approximate surface area is 113 Å². The Balaban J connectivity index is 2.36. The summed E-state index contributed by atoms with van der Waals surface area (Å²) in [6.07, 6.45) is 0. The highest BCUT2D eigenvalue weighted by atomic mass is 19.1. The van der Waals surface area contributed by atoms with E-state index in [1.807, 2.05) is 14.0 Å². The largest absolute Gasteiger partial charge is 0.394 e. The van der Waals surface area contributed by atoms with E-state index in [1.54, 1.807) is 12.1 Å². The summed E-state index contributed by atoms with van der Waals surface area (Å²) in [5.74, 6) is -0.241. The van der Waals surface area contributed by atoms with Crippen LogP contribution in [-0.4, -0.2) is 44.6 Å². The molecular formula is C14H21FN2O2. The van der Waals surface area contributed by atoms with Crippen LogP contribution in [-0.2, 0) is 4.74 Å². The number of aliphatic hydroxyl groups is 1. The van der Waals surface area contributed by atoms with Crippen LogP contribution >= 0.6 is 0 Å². The van der Waals surface area contributed by atoms with Gasteiger partial charge in [0.15, 0.2) is 0 Å². The first-order valence-corrected chi connectivity index (χ1v) is 6.59. The van der Waals surface area contributed by atoms with Crippen molar-refractivity contribution in [3.63, 3.8) is 0 Å². The zero-order valence-corrected chi connectivity index (χ0v) is 11.4. The maximum atomic E-state index is 13.5. The number of hydrogen-bond acceptors (Lipinski definition) is 4. The number of anilines is 1. The van der Waals surface area contributed by atoms with Gasteiger partial charge in [0.25, 0.3) is 0 Å². The van der Waals surface area contributed by atoms with Gasteiger partial charge in [-0.15, -0.1) is 0 Å². The van der Waals surface area contributed by atoms with Crippen molar-refractivity contribution >= 4 is 5.69 Å². The standard InChI is InChI=1S/C14H21FN2O2/c1-10(16-2)13-7-11(15)3-4-14(13)17-5-6-19-9-12(17)8-18/h3-4,7,10,12,16,18H,5-6,8-9H2,1-2H3. The monoisotopic (exact) mass is 268 g/mol. The highest BCUT2D eigenvalue weighted by Gasteiger charge is 2.25. The molecule has 2 atom stereocenters. The Morgan fingerprint density at radius 3 is 3.05 bits per heavy atom. The van der Waals surface area contributed by atoms with Crippen molar-refractivity contribution in [2.75, 3.05) is 38.3 Å². The predicted molar refractivity (Wildman–Crippen MR) is 72.9 cm³/mol. The molecule has 1 aromatic rings. The fraction of sp³-hybridized carbons (Fsp3) is 0.571. The summed E-state index contributed by atoms with van der Waals surface area (Å²) in [6, 6.07) is 4.78. The second-order valence-electron chi connectivity index (χ2n) is 4.82. The number of aliphatic hydroxyl groups excluding tert-OH is 1. The Kier molecular flexibility index (Phi) is 4.74. The number of halogens is 1. The maximum absolute atomic E-state index is 13.5. The summed E-state index contributed by atoms with van der Waals surface area (Å²) in [5, 5.41) is 12.6. The van der Waals surface area contributed by atoms with E-state index in [0.717, 1.165) is 11.3 Å². The van der Waals surface area contributed by atoms with Crippen molar-refractivity contribution in [1.82, 2.24) is 5.32 Å². The fourth-order valence-electron chi connectivity index (χ4n) is 2.41. The molecule has 1 fully saturated rings. The number of benzene rings is 1. The van der Waals surface area contributed by atoms with Crippen molar-refractivity contribution in [2.24, 2.45) is 0 Å². The highest BCUT2D eigenvalue weighted by Crippen LogP contribution is 2.29. The van der Waals surface area contributed by atoms with Gasteiger partial charge in [-0.2, -0.15) is 0 Å². The van der Waals surface area contributed by atoms with Crippen molar-refractivity contribution in [3.8, 4) is 0 Å². The molecule has 0 spiro atoms. The van der Waals surface area contributed by atoms with E-state index in [4.69, 9.17) is 4.74 Å². The van der Waals surface area contributed by atoms with Crippen LogP contribution in [0.5, 0.6) is 0 Å². The Hall–Kier alpha value is -1.17. The molecule has 0 amide bonds. The molecule has 106 valence electrons. The number of nitrogens with zero attached hydrogens (tertiary/aromatic N) is 1. The zero-order valence-electron chi connectivity index (χ0n) is 11.4. The second kappa shape index (κ2) is 6.32. The Morgan fingerprint density at radius 1 is 1.58 bits per heavy atom. The summed E-state index contributed by atoms with van der Waals surface area (Å²) in [5.41, 5.74) is 1.87. The van der Waals surface area contributed by atoms with Gasteiger partial charge in [-0.05, 0) is 37.7 Å². The lowest BCUT2D eigenvalue weighted by molar-refractivity contribution is 0.0726. The first-order valence-electron chi connectivity index (χ1n) is 6.59. The predicted octanol–water partition coefficient (Wildman–Crippen LogP) is 1.30. The molecule has 0 saturated carbocycles. The number of rotatable bonds is 4. The van der Waals surface area contributed by atoms with Gasteiger partial charge < -0.3 is 20.1 Å². The number of morpholine rings is 1. The molecule has 2 unspecified atom stereocenters. The number of nitrogens with one attached hydrogen (secondary N) is 1. The van der Waals surface area contributed by atoms with Crippen LogP contribution in [0.4, 0.5) is 10.1 Å². The first-order chi connectivity index (χ1) is 9.17. The van der Waals surface area contributed by atoms with E-state index >= 15 is 0 Å². The van der Waals surface area contributed by atoms with Crippen LogP contribution in [0.15, 0.2) is 18.2 Å². The van der Waals surface area contributed by atoms with E-state index in [-0.39, 0.29) is 24.5 Å². The van der Waals surface area contributed by atoms with Gasteiger partial charge >= 0.3 is 0 Å². The van der Waals surface area contributed by atoms with Crippen LogP contribution in [0.1, 0.15) is 18.5 Å². The van der Waals surface area contributed by atoms with E-state index in [2.05, 4.69) is 10.2 Å². The molecule has 5 heteroatoms. The van der Waals surface area contributed by atoms with Crippen molar-refractivity contribution in [2.45, 2.75) is 19.0 Å². The van der Waals surface area contributed by atoms with Crippen LogP contribution in [0.25, 0.3) is 0 Å². The lowest BCUT2D eigenvalue weighted by Crippen LogP contribution is -2.48. The molecule has 1 aliphatic heterocycles. The van der Waals surface area contributed by atoms with Gasteiger partial charge in [0.2, 0.25) is 0 Å². The van der Waals surface area contributed by atoms with Crippen LogP contribution in [0.2, 0.25) is 0 Å². The normalized spacial score (nSPS) is 21.5. The van der Waals surface area contributed by atoms with E-state index in [1.165, 1.54) is 6.07 Å². The van der Waals surface area contributed by atoms with Gasteiger partial charge in [0.05, 0.1) is 25.9 Å². The molecule has 0 bridgehead atoms. The van der Waals surface area contributed by atoms with Crippen LogP contribution in [0.3, 0.4) is 0 Å². The fourth-order valence-corrected chi connectivity index (χ4v) is 2.41. The lowest BCUT2D eigenvalue weighted by atomic mass is 10.0. The average molecular weight is 268 g/mol. The molecule has 0 radical (unpaired) electrons. The van der Waals surface area contributed by atoms with Crippen molar-refractivity contribution in [1.29, 1.82) is 0 Å². The third-order valence-electron chi connectivity index (χ3n) is 3.64. The molecule has 2 N–H and O–H groups in total. The summed E-state index contributed by atoms with van der Waals surface area (Å²) in [7, 11) is 1.85. The second-order valence-corrected chi connectivity index (χ2v) is 4.82. The molecule has 1 heterocycles. The SMILES string of the molecule is CNC(C)c1cc(F)ccc1N1CCOCC1CO. The van der Waals surface area contributed by atoms with Gasteiger partial charge in [-0.3, -0.25) is 0 Å². The Morgan fingerprint density at radius 2 is 2.37 bits per heavy atom. The van der Waals surface area contributed by atoms with Crippen molar-refractivity contribution in [3.05, 3.63) is 29.6 Å². The van der Waals surface area contributed by atoms with Crippen LogP contribution in [0, 0.1) is 5.82 Å². The molecular weight excluding hydrogens is 247 g/mol. The zero-order chi connectivity index (χ0) is 13.8. The van der Waals surface area contributed by atoms with Gasteiger partial charge in [-0.25, -0.2) is 4.39 Å². The molecule has 1 aromatic carbocycles. The third kappa shape index (κ3) is 3.05. The van der Waals surface area contributed by atoms with Gasteiger partial charge in [-0.1, -0.05) is 0 Å². The maximum Gasteiger partial charge on any atom is 0.123 e. The highest BCUT2D eigenvalue weighted by molar-refractivity contribution is 5.56. The molecule has 4 nitrogen and oxygen atoms in total. The van der Waals surface area contributed by atoms with E-state index < -0.39 is 0 Å². The minimum Gasteiger partial charge on any atom is -0.394 e. The first kappa shape index (κ1) is 14.2.